The third-order valence-electron chi connectivity index (χ3n) is 4.46. The Labute approximate surface area is 174 Å². The van der Waals surface area contributed by atoms with Gasteiger partial charge < -0.3 is 9.84 Å². The molecule has 0 aromatic heterocycles. The van der Waals surface area contributed by atoms with Gasteiger partial charge in [0.1, 0.15) is 5.75 Å². The van der Waals surface area contributed by atoms with E-state index in [0.29, 0.717) is 29.4 Å². The molecule has 30 heavy (non-hydrogen) atoms. The number of aliphatic hydroxyl groups is 1. The van der Waals surface area contributed by atoms with Gasteiger partial charge in [0.05, 0.1) is 23.6 Å². The molecule has 0 fully saturated rings. The lowest BCUT2D eigenvalue weighted by molar-refractivity contribution is -0.138. The highest BCUT2D eigenvalue weighted by atomic mass is 32.2. The van der Waals surface area contributed by atoms with Gasteiger partial charge in [-0.05, 0) is 41.3 Å². The van der Waals surface area contributed by atoms with Gasteiger partial charge in [-0.1, -0.05) is 38.1 Å². The second-order valence-corrected chi connectivity index (χ2v) is 8.90. The molecule has 2 amide bonds. The van der Waals surface area contributed by atoms with E-state index in [1.54, 1.807) is 24.3 Å². The van der Waals surface area contributed by atoms with Gasteiger partial charge in [0.2, 0.25) is 10.0 Å². The van der Waals surface area contributed by atoms with E-state index in [1.165, 1.54) is 24.3 Å². The molecule has 0 spiro atoms. The molecular formula is C21H22N2O6S. The number of hydrogen-bond donors (Lipinski definition) is 2. The summed E-state index contributed by atoms with van der Waals surface area (Å²) in [7, 11) is -3.84. The summed E-state index contributed by atoms with van der Waals surface area (Å²) < 4.78 is 28.3. The van der Waals surface area contributed by atoms with Crippen LogP contribution in [0.25, 0.3) is 5.57 Å². The average molecular weight is 430 g/mol. The Balaban J connectivity index is 1.77. The van der Waals surface area contributed by atoms with Gasteiger partial charge in [-0.3, -0.25) is 14.5 Å². The lowest BCUT2D eigenvalue weighted by Crippen LogP contribution is -2.31. The molecule has 2 aromatic carbocycles. The number of carbonyl (C=O) groups excluding carboxylic acids is 2. The molecule has 3 N–H and O–H groups in total. The molecule has 0 aliphatic carbocycles. The molecule has 0 saturated heterocycles. The molecule has 1 aliphatic rings. The topological polar surface area (TPSA) is 127 Å². The first-order valence-corrected chi connectivity index (χ1v) is 10.8. The van der Waals surface area contributed by atoms with Crippen molar-refractivity contribution in [2.75, 3.05) is 6.61 Å². The zero-order valence-electron chi connectivity index (χ0n) is 16.5. The Morgan fingerprint density at radius 3 is 2.13 bits per heavy atom. The predicted octanol–water partition coefficient (Wildman–Crippen LogP) is 2.21. The van der Waals surface area contributed by atoms with Crippen LogP contribution in [0.3, 0.4) is 0 Å². The second kappa shape index (κ2) is 8.29. The summed E-state index contributed by atoms with van der Waals surface area (Å²) in [5.41, 5.74) is 0.821. The molecule has 0 radical (unpaired) electrons. The summed E-state index contributed by atoms with van der Waals surface area (Å²) in [6.45, 7) is 4.47. The summed E-state index contributed by atoms with van der Waals surface area (Å²) in [5, 5.41) is 15.3. The molecule has 1 heterocycles. The van der Waals surface area contributed by atoms with E-state index in [9.17, 15) is 23.1 Å². The maximum absolute atomic E-state index is 12.8. The van der Waals surface area contributed by atoms with Crippen LogP contribution in [0.15, 0.2) is 59.2 Å². The van der Waals surface area contributed by atoms with E-state index in [4.69, 9.17) is 9.88 Å². The van der Waals surface area contributed by atoms with Crippen LogP contribution >= 0.6 is 0 Å². The molecule has 2 aromatic rings. The van der Waals surface area contributed by atoms with E-state index >= 15 is 0 Å². The van der Waals surface area contributed by atoms with Crippen molar-refractivity contribution in [2.24, 2.45) is 11.1 Å². The molecule has 158 valence electrons. The lowest BCUT2D eigenvalue weighted by Gasteiger charge is -2.15. The molecule has 0 unspecified atom stereocenters. The van der Waals surface area contributed by atoms with Crippen LogP contribution < -0.4 is 9.88 Å². The SMILES string of the molecule is CC(C)COc1ccc(C2=C(O)C(=O)N(Cc3ccc(S(N)(=O)=O)cc3)C2=O)cc1. The van der Waals surface area contributed by atoms with Crippen molar-refractivity contribution < 1.29 is 27.9 Å². The highest BCUT2D eigenvalue weighted by Crippen LogP contribution is 2.30. The number of sulfonamides is 1. The fraction of sp³-hybridized carbons (Fsp3) is 0.238. The van der Waals surface area contributed by atoms with E-state index < -0.39 is 27.6 Å². The number of rotatable bonds is 7. The van der Waals surface area contributed by atoms with Crippen LogP contribution in [-0.2, 0) is 26.2 Å². The summed E-state index contributed by atoms with van der Waals surface area (Å²) in [4.78, 5) is 26.1. The Bertz CT molecular complexity index is 1100. The number of nitrogens with two attached hydrogens (primary N) is 1. The smallest absolute Gasteiger partial charge is 0.296 e. The first-order chi connectivity index (χ1) is 14.1. The molecule has 0 bridgehead atoms. The second-order valence-electron chi connectivity index (χ2n) is 7.34. The van der Waals surface area contributed by atoms with Gasteiger partial charge >= 0.3 is 0 Å². The van der Waals surface area contributed by atoms with Crippen molar-refractivity contribution in [3.63, 3.8) is 0 Å². The fourth-order valence-electron chi connectivity index (χ4n) is 2.91. The molecular weight excluding hydrogens is 408 g/mol. The third-order valence-corrected chi connectivity index (χ3v) is 5.39. The minimum atomic E-state index is -3.84. The average Bonchev–Trinajstić information content (AvgIpc) is 2.90. The van der Waals surface area contributed by atoms with Gasteiger partial charge in [0, 0.05) is 0 Å². The van der Waals surface area contributed by atoms with E-state index in [1.807, 2.05) is 13.8 Å². The zero-order chi connectivity index (χ0) is 22.1. The number of imide groups is 1. The zero-order valence-corrected chi connectivity index (χ0v) is 17.3. The Morgan fingerprint density at radius 2 is 1.60 bits per heavy atom. The number of primary sulfonamides is 1. The summed E-state index contributed by atoms with van der Waals surface area (Å²) >= 11 is 0. The predicted molar refractivity (Wildman–Crippen MR) is 110 cm³/mol. The first kappa shape index (κ1) is 21.5. The number of benzene rings is 2. The number of nitrogens with zero attached hydrogens (tertiary/aromatic N) is 1. The molecule has 0 saturated carbocycles. The highest BCUT2D eigenvalue weighted by Gasteiger charge is 2.39. The van der Waals surface area contributed by atoms with Crippen molar-refractivity contribution in [1.82, 2.24) is 4.90 Å². The number of aliphatic hydroxyl groups excluding tert-OH is 1. The number of carbonyl (C=O) groups is 2. The molecule has 1 aliphatic heterocycles. The Kier molecular flexibility index (Phi) is 5.95. The van der Waals surface area contributed by atoms with Crippen molar-refractivity contribution >= 4 is 27.4 Å². The largest absolute Gasteiger partial charge is 0.502 e. The van der Waals surface area contributed by atoms with Crippen LogP contribution in [0.4, 0.5) is 0 Å². The van der Waals surface area contributed by atoms with E-state index in [2.05, 4.69) is 0 Å². The number of amides is 2. The van der Waals surface area contributed by atoms with Crippen LogP contribution in [0.5, 0.6) is 5.75 Å². The molecule has 8 nitrogen and oxygen atoms in total. The lowest BCUT2D eigenvalue weighted by atomic mass is 10.1. The fourth-order valence-corrected chi connectivity index (χ4v) is 3.43. The van der Waals surface area contributed by atoms with Crippen molar-refractivity contribution in [3.05, 3.63) is 65.4 Å². The molecule has 3 rings (SSSR count). The molecule has 9 heteroatoms. The maximum atomic E-state index is 12.8. The molecule has 0 atom stereocenters. The quantitative estimate of drug-likeness (QED) is 0.649. The minimum Gasteiger partial charge on any atom is -0.502 e. The van der Waals surface area contributed by atoms with Crippen LogP contribution in [0, 0.1) is 5.92 Å². The van der Waals surface area contributed by atoms with Crippen LogP contribution in [0.2, 0.25) is 0 Å². The van der Waals surface area contributed by atoms with Gasteiger partial charge in [-0.25, -0.2) is 13.6 Å². The maximum Gasteiger partial charge on any atom is 0.296 e. The third kappa shape index (κ3) is 4.52. The van der Waals surface area contributed by atoms with Gasteiger partial charge in [-0.2, -0.15) is 0 Å². The Hall–Kier alpha value is -3.17. The minimum absolute atomic E-state index is 0.0771. The summed E-state index contributed by atoms with van der Waals surface area (Å²) in [5.74, 6) is -1.10. The van der Waals surface area contributed by atoms with Crippen molar-refractivity contribution in [1.29, 1.82) is 0 Å². The van der Waals surface area contributed by atoms with Gasteiger partial charge in [0.15, 0.2) is 5.76 Å². The van der Waals surface area contributed by atoms with Crippen LogP contribution in [0.1, 0.15) is 25.0 Å². The monoisotopic (exact) mass is 430 g/mol. The van der Waals surface area contributed by atoms with E-state index in [0.717, 1.165) is 4.90 Å². The highest BCUT2D eigenvalue weighted by molar-refractivity contribution is 7.89. The number of hydrogen-bond acceptors (Lipinski definition) is 6. The van der Waals surface area contributed by atoms with E-state index in [-0.39, 0.29) is 17.0 Å². The summed E-state index contributed by atoms with van der Waals surface area (Å²) in [6.07, 6.45) is 0. The van der Waals surface area contributed by atoms with Crippen LogP contribution in [-0.4, -0.2) is 36.8 Å². The normalized spacial score (nSPS) is 14.7. The standard InChI is InChI=1S/C21H22N2O6S/c1-13(2)12-29-16-7-5-15(6-8-16)18-19(24)21(26)23(20(18)25)11-14-3-9-17(10-4-14)30(22,27)28/h3-10,13,24H,11-12H2,1-2H3,(H2,22,27,28). The van der Waals surface area contributed by atoms with Gasteiger partial charge in [0.25, 0.3) is 11.8 Å². The Morgan fingerprint density at radius 1 is 1.00 bits per heavy atom. The van der Waals surface area contributed by atoms with Crippen molar-refractivity contribution in [3.8, 4) is 5.75 Å². The summed E-state index contributed by atoms with van der Waals surface area (Å²) in [6, 6.07) is 12.0. The van der Waals surface area contributed by atoms with Crippen molar-refractivity contribution in [2.45, 2.75) is 25.3 Å². The number of ether oxygens (including phenoxy) is 1. The van der Waals surface area contributed by atoms with Gasteiger partial charge in [-0.15, -0.1) is 0 Å². The first-order valence-electron chi connectivity index (χ1n) is 9.22.